The van der Waals surface area contributed by atoms with Crippen LogP contribution >= 0.6 is 34.2 Å². The number of hydrogen-bond acceptors (Lipinski definition) is 2. The van der Waals surface area contributed by atoms with Crippen molar-refractivity contribution in [2.75, 3.05) is 0 Å². The molecule has 0 spiro atoms. The van der Waals surface area contributed by atoms with Crippen molar-refractivity contribution < 1.29 is 4.79 Å². The van der Waals surface area contributed by atoms with E-state index in [1.807, 2.05) is 0 Å². The van der Waals surface area contributed by atoms with E-state index in [0.717, 1.165) is 3.57 Å². The van der Waals surface area contributed by atoms with Crippen molar-refractivity contribution in [1.82, 2.24) is 4.98 Å². The summed E-state index contributed by atoms with van der Waals surface area (Å²) in [5, 5.41) is 0.276. The highest BCUT2D eigenvalue weighted by molar-refractivity contribution is 14.1. The first kappa shape index (κ1) is 8.93. The third kappa shape index (κ3) is 2.13. The fraction of sp³-hybridized carbons (Fsp3) is 0.143. The molecule has 0 unspecified atom stereocenters. The fourth-order valence-electron chi connectivity index (χ4n) is 0.669. The second kappa shape index (κ2) is 3.49. The summed E-state index contributed by atoms with van der Waals surface area (Å²) >= 11 is 7.74. The molecule has 0 saturated carbocycles. The second-order valence-electron chi connectivity index (χ2n) is 2.05. The van der Waals surface area contributed by atoms with Crippen LogP contribution < -0.4 is 0 Å². The van der Waals surface area contributed by atoms with Gasteiger partial charge in [-0.3, -0.25) is 4.79 Å². The smallest absolute Gasteiger partial charge is 0.162 e. The van der Waals surface area contributed by atoms with E-state index in [4.69, 9.17) is 11.6 Å². The Morgan fingerprint density at radius 2 is 2.36 bits per heavy atom. The van der Waals surface area contributed by atoms with Gasteiger partial charge in [-0.15, -0.1) is 0 Å². The van der Waals surface area contributed by atoms with Gasteiger partial charge >= 0.3 is 0 Å². The zero-order valence-electron chi connectivity index (χ0n) is 5.77. The summed E-state index contributed by atoms with van der Waals surface area (Å²) in [7, 11) is 0. The van der Waals surface area contributed by atoms with Crippen LogP contribution in [0.4, 0.5) is 0 Å². The van der Waals surface area contributed by atoms with Crippen LogP contribution in [0.2, 0.25) is 5.15 Å². The topological polar surface area (TPSA) is 30.0 Å². The number of aromatic nitrogens is 1. The van der Waals surface area contributed by atoms with Gasteiger partial charge in [-0.05, 0) is 35.6 Å². The molecule has 58 valence electrons. The quantitative estimate of drug-likeness (QED) is 0.450. The van der Waals surface area contributed by atoms with Gasteiger partial charge in [0.05, 0.1) is 5.56 Å². The first-order chi connectivity index (χ1) is 5.11. The SMILES string of the molecule is CC(=O)c1cc(I)cnc1Cl. The highest BCUT2D eigenvalue weighted by atomic mass is 127. The Kier molecular flexibility index (Phi) is 2.84. The molecule has 0 amide bonds. The Morgan fingerprint density at radius 1 is 1.73 bits per heavy atom. The van der Waals surface area contributed by atoms with E-state index in [-0.39, 0.29) is 10.9 Å². The van der Waals surface area contributed by atoms with Gasteiger partial charge in [0.1, 0.15) is 5.15 Å². The molecule has 0 aliphatic rings. The van der Waals surface area contributed by atoms with E-state index in [1.54, 1.807) is 12.3 Å². The van der Waals surface area contributed by atoms with Gasteiger partial charge in [-0.2, -0.15) is 0 Å². The van der Waals surface area contributed by atoms with Crippen LogP contribution in [-0.4, -0.2) is 10.8 Å². The summed E-state index contributed by atoms with van der Waals surface area (Å²) in [5.74, 6) is -0.0546. The van der Waals surface area contributed by atoms with Gasteiger partial charge in [0.2, 0.25) is 0 Å². The van der Waals surface area contributed by atoms with Crippen molar-refractivity contribution >= 4 is 40.0 Å². The first-order valence-corrected chi connectivity index (χ1v) is 4.39. The molecule has 4 heteroatoms. The largest absolute Gasteiger partial charge is 0.294 e. The standard InChI is InChI=1S/C7H5ClINO/c1-4(11)6-2-5(9)3-10-7(6)8/h2-3H,1H3. The molecule has 0 saturated heterocycles. The highest BCUT2D eigenvalue weighted by Crippen LogP contribution is 2.15. The van der Waals surface area contributed by atoms with E-state index < -0.39 is 0 Å². The monoisotopic (exact) mass is 281 g/mol. The maximum atomic E-state index is 10.9. The third-order valence-corrected chi connectivity index (χ3v) is 2.08. The number of Topliss-reactive ketones (excluding diaryl/α,β-unsaturated/α-hetero) is 1. The van der Waals surface area contributed by atoms with Gasteiger partial charge in [0.25, 0.3) is 0 Å². The summed E-state index contributed by atoms with van der Waals surface area (Å²) in [6.45, 7) is 1.47. The Bertz CT molecular complexity index is 300. The zero-order chi connectivity index (χ0) is 8.43. The van der Waals surface area contributed by atoms with Crippen LogP contribution in [0.3, 0.4) is 0 Å². The van der Waals surface area contributed by atoms with E-state index in [2.05, 4.69) is 27.6 Å². The predicted octanol–water partition coefficient (Wildman–Crippen LogP) is 2.54. The summed E-state index contributed by atoms with van der Waals surface area (Å²) in [4.78, 5) is 14.7. The average molecular weight is 281 g/mol. The Morgan fingerprint density at radius 3 is 2.82 bits per heavy atom. The van der Waals surface area contributed by atoms with Crippen molar-refractivity contribution in [2.45, 2.75) is 6.92 Å². The number of pyridine rings is 1. The molecule has 0 bridgehead atoms. The first-order valence-electron chi connectivity index (χ1n) is 2.93. The van der Waals surface area contributed by atoms with Gasteiger partial charge in [0.15, 0.2) is 5.78 Å². The highest BCUT2D eigenvalue weighted by Gasteiger charge is 2.05. The van der Waals surface area contributed by atoms with Crippen molar-refractivity contribution in [3.63, 3.8) is 0 Å². The van der Waals surface area contributed by atoms with E-state index in [0.29, 0.717) is 5.56 Å². The van der Waals surface area contributed by atoms with Crippen molar-refractivity contribution in [2.24, 2.45) is 0 Å². The Balaban J connectivity index is 3.23. The molecule has 0 fully saturated rings. The lowest BCUT2D eigenvalue weighted by Crippen LogP contribution is -1.95. The minimum Gasteiger partial charge on any atom is -0.294 e. The lowest BCUT2D eigenvalue weighted by atomic mass is 10.2. The van der Waals surface area contributed by atoms with Crippen molar-refractivity contribution in [1.29, 1.82) is 0 Å². The molecule has 0 N–H and O–H groups in total. The molecule has 0 aromatic carbocycles. The predicted molar refractivity (Wildman–Crippen MR) is 52.0 cm³/mol. The molecule has 0 atom stereocenters. The van der Waals surface area contributed by atoms with Crippen LogP contribution in [0.1, 0.15) is 17.3 Å². The van der Waals surface area contributed by atoms with Gasteiger partial charge < -0.3 is 0 Å². The molecule has 1 heterocycles. The molecule has 1 rings (SSSR count). The van der Waals surface area contributed by atoms with Gasteiger partial charge in [-0.1, -0.05) is 11.6 Å². The maximum absolute atomic E-state index is 10.9. The van der Waals surface area contributed by atoms with Crippen LogP contribution in [0.25, 0.3) is 0 Å². The van der Waals surface area contributed by atoms with Crippen LogP contribution in [-0.2, 0) is 0 Å². The number of carbonyl (C=O) groups excluding carboxylic acids is 1. The number of carbonyl (C=O) groups is 1. The van der Waals surface area contributed by atoms with Gasteiger partial charge in [-0.25, -0.2) is 4.98 Å². The van der Waals surface area contributed by atoms with Crippen LogP contribution in [0, 0.1) is 3.57 Å². The van der Waals surface area contributed by atoms with E-state index >= 15 is 0 Å². The zero-order valence-corrected chi connectivity index (χ0v) is 8.68. The fourth-order valence-corrected chi connectivity index (χ4v) is 1.36. The van der Waals surface area contributed by atoms with Crippen molar-refractivity contribution in [3.8, 4) is 0 Å². The summed E-state index contributed by atoms with van der Waals surface area (Å²) in [6, 6.07) is 1.72. The Labute approximate surface area is 83.1 Å². The van der Waals surface area contributed by atoms with Crippen molar-refractivity contribution in [3.05, 3.63) is 26.5 Å². The lowest BCUT2D eigenvalue weighted by molar-refractivity contribution is 0.101. The molecule has 0 radical (unpaired) electrons. The molecule has 11 heavy (non-hydrogen) atoms. The summed E-state index contributed by atoms with van der Waals surface area (Å²) < 4.78 is 0.914. The van der Waals surface area contributed by atoms with E-state index in [9.17, 15) is 4.79 Å². The summed E-state index contributed by atoms with van der Waals surface area (Å²) in [6.07, 6.45) is 1.62. The average Bonchev–Trinajstić information content (AvgIpc) is 1.94. The van der Waals surface area contributed by atoms with Gasteiger partial charge in [0, 0.05) is 9.77 Å². The Hall–Kier alpha value is -0.160. The maximum Gasteiger partial charge on any atom is 0.162 e. The minimum absolute atomic E-state index is 0.0546. The lowest BCUT2D eigenvalue weighted by Gasteiger charge is -1.97. The van der Waals surface area contributed by atoms with E-state index in [1.165, 1.54) is 6.92 Å². The number of rotatable bonds is 1. The molecule has 2 nitrogen and oxygen atoms in total. The molecular formula is C7H5ClINO. The molecule has 1 aromatic rings. The number of halogens is 2. The van der Waals surface area contributed by atoms with Crippen LogP contribution in [0.15, 0.2) is 12.3 Å². The molecule has 0 aliphatic carbocycles. The third-order valence-electron chi connectivity index (χ3n) is 1.18. The second-order valence-corrected chi connectivity index (χ2v) is 3.65. The molecule has 0 aliphatic heterocycles. The number of ketones is 1. The molecular weight excluding hydrogens is 276 g/mol. The number of hydrogen-bond donors (Lipinski definition) is 0. The number of nitrogens with zero attached hydrogens (tertiary/aromatic N) is 1. The summed E-state index contributed by atoms with van der Waals surface area (Å²) in [5.41, 5.74) is 0.485. The minimum atomic E-state index is -0.0546. The van der Waals surface area contributed by atoms with Crippen LogP contribution in [0.5, 0.6) is 0 Å². The normalized spacial score (nSPS) is 9.73. The molecule has 1 aromatic heterocycles.